The van der Waals surface area contributed by atoms with Crippen molar-refractivity contribution in [1.29, 1.82) is 0 Å². The third-order valence-electron chi connectivity index (χ3n) is 4.73. The van der Waals surface area contributed by atoms with Gasteiger partial charge in [0.1, 0.15) is 0 Å². The molecule has 2 aromatic rings. The van der Waals surface area contributed by atoms with Crippen molar-refractivity contribution in [3.63, 3.8) is 0 Å². The molecule has 1 atom stereocenters. The number of benzene rings is 1. The minimum Gasteiger partial charge on any atom is -0.481 e. The minimum absolute atomic E-state index is 0.0253. The van der Waals surface area contributed by atoms with Crippen LogP contribution in [-0.4, -0.2) is 44.0 Å². The third-order valence-corrected chi connectivity index (χ3v) is 4.73. The number of para-hydroxylation sites is 1. The van der Waals surface area contributed by atoms with Gasteiger partial charge in [0.2, 0.25) is 5.91 Å². The van der Waals surface area contributed by atoms with Crippen LogP contribution in [0.4, 0.5) is 0 Å². The summed E-state index contributed by atoms with van der Waals surface area (Å²) in [4.78, 5) is 41.9. The first kappa shape index (κ1) is 17.1. The highest BCUT2D eigenvalue weighted by Gasteiger charge is 2.29. The molecule has 132 valence electrons. The van der Waals surface area contributed by atoms with E-state index in [0.29, 0.717) is 17.4 Å². The fourth-order valence-corrected chi connectivity index (χ4v) is 3.43. The molecule has 1 fully saturated rings. The number of carboxylic acids is 1. The van der Waals surface area contributed by atoms with Gasteiger partial charge in [-0.1, -0.05) is 12.1 Å². The second-order valence-corrected chi connectivity index (χ2v) is 6.45. The number of carboxylic acid groups (broad SMARTS) is 1. The Morgan fingerprint density at radius 3 is 2.92 bits per heavy atom. The summed E-state index contributed by atoms with van der Waals surface area (Å²) >= 11 is 0. The van der Waals surface area contributed by atoms with Gasteiger partial charge in [-0.15, -0.1) is 0 Å². The molecule has 0 radical (unpaired) electrons. The lowest BCUT2D eigenvalue weighted by Gasteiger charge is -2.23. The number of carbonyl (C=O) groups excluding carboxylic acids is 1. The summed E-state index contributed by atoms with van der Waals surface area (Å²) < 4.78 is 1.45. The van der Waals surface area contributed by atoms with E-state index in [0.717, 1.165) is 18.4 Å². The van der Waals surface area contributed by atoms with Crippen molar-refractivity contribution in [1.82, 2.24) is 14.5 Å². The maximum absolute atomic E-state index is 12.5. The van der Waals surface area contributed by atoms with Crippen LogP contribution in [-0.2, 0) is 16.1 Å². The van der Waals surface area contributed by atoms with E-state index in [9.17, 15) is 14.4 Å². The summed E-state index contributed by atoms with van der Waals surface area (Å²) in [7, 11) is 0. The predicted molar refractivity (Wildman–Crippen MR) is 92.3 cm³/mol. The Kier molecular flexibility index (Phi) is 4.83. The van der Waals surface area contributed by atoms with E-state index >= 15 is 0 Å². The van der Waals surface area contributed by atoms with Crippen LogP contribution in [0.2, 0.25) is 0 Å². The number of aromatic nitrogens is 2. The van der Waals surface area contributed by atoms with Crippen LogP contribution in [0.25, 0.3) is 10.9 Å². The summed E-state index contributed by atoms with van der Waals surface area (Å²) in [5, 5.41) is 9.49. The highest BCUT2D eigenvalue weighted by Crippen LogP contribution is 2.21. The van der Waals surface area contributed by atoms with Gasteiger partial charge in [-0.25, -0.2) is 4.98 Å². The summed E-state index contributed by atoms with van der Waals surface area (Å²) in [5.74, 6) is -1.00. The van der Waals surface area contributed by atoms with Crippen LogP contribution in [0, 0.1) is 6.92 Å². The van der Waals surface area contributed by atoms with Crippen LogP contribution >= 0.6 is 0 Å². The number of likely N-dealkylation sites (tertiary alicyclic amines) is 1. The topological polar surface area (TPSA) is 92.5 Å². The molecule has 0 spiro atoms. The molecule has 1 saturated heterocycles. The maximum atomic E-state index is 12.5. The summed E-state index contributed by atoms with van der Waals surface area (Å²) in [6.45, 7) is 2.73. The zero-order chi connectivity index (χ0) is 18.0. The molecular formula is C18H21N3O4. The van der Waals surface area contributed by atoms with Crippen molar-refractivity contribution in [3.8, 4) is 0 Å². The first-order valence-electron chi connectivity index (χ1n) is 8.43. The summed E-state index contributed by atoms with van der Waals surface area (Å²) in [6, 6.07) is 5.22. The number of carbonyl (C=O) groups is 2. The molecule has 7 heteroatoms. The van der Waals surface area contributed by atoms with Crippen LogP contribution < -0.4 is 5.56 Å². The highest BCUT2D eigenvalue weighted by atomic mass is 16.4. The largest absolute Gasteiger partial charge is 0.481 e. The Labute approximate surface area is 144 Å². The molecule has 7 nitrogen and oxygen atoms in total. The number of rotatable bonds is 5. The number of aliphatic carboxylic acids is 1. The van der Waals surface area contributed by atoms with Gasteiger partial charge in [0.15, 0.2) is 0 Å². The van der Waals surface area contributed by atoms with Crippen molar-refractivity contribution < 1.29 is 14.7 Å². The van der Waals surface area contributed by atoms with Crippen LogP contribution in [0.3, 0.4) is 0 Å². The number of amides is 1. The van der Waals surface area contributed by atoms with Gasteiger partial charge in [-0.05, 0) is 31.4 Å². The molecule has 0 aliphatic carbocycles. The molecule has 1 aliphatic heterocycles. The third kappa shape index (κ3) is 3.55. The van der Waals surface area contributed by atoms with E-state index in [4.69, 9.17) is 5.11 Å². The van der Waals surface area contributed by atoms with Crippen molar-refractivity contribution in [2.45, 2.75) is 45.2 Å². The van der Waals surface area contributed by atoms with E-state index in [1.165, 1.54) is 10.9 Å². The fourth-order valence-electron chi connectivity index (χ4n) is 3.43. The first-order valence-corrected chi connectivity index (χ1v) is 8.43. The van der Waals surface area contributed by atoms with Gasteiger partial charge >= 0.3 is 5.97 Å². The van der Waals surface area contributed by atoms with E-state index in [1.807, 2.05) is 19.1 Å². The molecule has 1 aromatic carbocycles. The van der Waals surface area contributed by atoms with Crippen molar-refractivity contribution in [3.05, 3.63) is 40.4 Å². The van der Waals surface area contributed by atoms with Gasteiger partial charge in [-0.3, -0.25) is 19.0 Å². The summed E-state index contributed by atoms with van der Waals surface area (Å²) in [5.41, 5.74) is 1.45. The number of aryl methyl sites for hydroxylation is 2. The molecule has 1 aromatic heterocycles. The number of hydrogen-bond donors (Lipinski definition) is 1. The fraction of sp³-hybridized carbons (Fsp3) is 0.444. The lowest BCUT2D eigenvalue weighted by molar-refractivity contribution is -0.139. The van der Waals surface area contributed by atoms with Crippen molar-refractivity contribution in [2.75, 3.05) is 6.54 Å². The Morgan fingerprint density at radius 2 is 2.16 bits per heavy atom. The first-order chi connectivity index (χ1) is 12.0. The molecule has 1 amide bonds. The molecule has 2 heterocycles. The van der Waals surface area contributed by atoms with Crippen molar-refractivity contribution in [2.24, 2.45) is 0 Å². The smallest absolute Gasteiger partial charge is 0.305 e. The second-order valence-electron chi connectivity index (χ2n) is 6.45. The Bertz CT molecular complexity index is 874. The summed E-state index contributed by atoms with van der Waals surface area (Å²) in [6.07, 6.45) is 3.15. The van der Waals surface area contributed by atoms with E-state index < -0.39 is 5.97 Å². The van der Waals surface area contributed by atoms with Crippen LogP contribution in [0.5, 0.6) is 0 Å². The molecule has 0 bridgehead atoms. The molecule has 1 N–H and O–H groups in total. The molecule has 25 heavy (non-hydrogen) atoms. The van der Waals surface area contributed by atoms with Crippen LogP contribution in [0.15, 0.2) is 29.3 Å². The number of nitrogens with zero attached hydrogens (tertiary/aromatic N) is 3. The second kappa shape index (κ2) is 7.04. The predicted octanol–water partition coefficient (Wildman–Crippen LogP) is 1.56. The SMILES string of the molecule is Cc1cccc2c(=O)n(CCC(=O)N3CCCC3CC(=O)O)cnc12. The Hall–Kier alpha value is -2.70. The van der Waals surface area contributed by atoms with Crippen molar-refractivity contribution >= 4 is 22.8 Å². The average molecular weight is 343 g/mol. The zero-order valence-electron chi connectivity index (χ0n) is 14.1. The van der Waals surface area contributed by atoms with Gasteiger partial charge in [-0.2, -0.15) is 0 Å². The quantitative estimate of drug-likeness (QED) is 0.889. The van der Waals surface area contributed by atoms with E-state index in [2.05, 4.69) is 4.98 Å². The average Bonchev–Trinajstić information content (AvgIpc) is 3.02. The minimum atomic E-state index is -0.894. The highest BCUT2D eigenvalue weighted by molar-refractivity contribution is 5.80. The number of fused-ring (bicyclic) bond motifs is 1. The Balaban J connectivity index is 1.72. The van der Waals surface area contributed by atoms with Crippen LogP contribution in [0.1, 0.15) is 31.2 Å². The van der Waals surface area contributed by atoms with Gasteiger partial charge in [0, 0.05) is 25.6 Å². The normalized spacial score (nSPS) is 17.2. The Morgan fingerprint density at radius 1 is 1.36 bits per heavy atom. The zero-order valence-corrected chi connectivity index (χ0v) is 14.1. The van der Waals surface area contributed by atoms with Gasteiger partial charge < -0.3 is 10.0 Å². The lowest BCUT2D eigenvalue weighted by Crippen LogP contribution is -2.37. The van der Waals surface area contributed by atoms with Gasteiger partial charge in [0.25, 0.3) is 5.56 Å². The molecular weight excluding hydrogens is 322 g/mol. The number of hydrogen-bond acceptors (Lipinski definition) is 4. The molecule has 0 saturated carbocycles. The lowest BCUT2D eigenvalue weighted by atomic mass is 10.1. The standard InChI is InChI=1S/C18H21N3O4/c1-12-4-2-6-14-17(12)19-11-20(18(14)25)9-7-15(22)21-8-3-5-13(21)10-16(23)24/h2,4,6,11,13H,3,5,7-10H2,1H3,(H,23,24). The molecule has 1 unspecified atom stereocenters. The van der Waals surface area contributed by atoms with E-state index in [1.54, 1.807) is 11.0 Å². The van der Waals surface area contributed by atoms with E-state index in [-0.39, 0.29) is 36.9 Å². The maximum Gasteiger partial charge on any atom is 0.305 e. The molecule has 1 aliphatic rings. The molecule has 3 rings (SSSR count). The van der Waals surface area contributed by atoms with Gasteiger partial charge in [0.05, 0.1) is 23.7 Å². The monoisotopic (exact) mass is 343 g/mol.